The molecule has 5 rings (SSSR count). The molecule has 22 nitrogen and oxygen atoms in total. The van der Waals surface area contributed by atoms with E-state index in [1.165, 1.54) is 14.0 Å². The maximum atomic E-state index is 14.7. The maximum absolute atomic E-state index is 14.7. The molecule has 22 heteroatoms. The van der Waals surface area contributed by atoms with Crippen LogP contribution >= 0.6 is 0 Å². The van der Waals surface area contributed by atoms with Crippen molar-refractivity contribution in [1.82, 2.24) is 15.1 Å². The lowest BCUT2D eigenvalue weighted by Gasteiger charge is -2.49. The van der Waals surface area contributed by atoms with Gasteiger partial charge in [0.1, 0.15) is 36.1 Å². The SMILES string of the molecule is CC[C@H]1OC(=O)[C@H](C)[C@H](O[C@H]2C[C@@](C)(OC)[C@@H](OC(=O)NCCO[C@@H]3O[C@H](C)[C@H](O)[C@H](O)[C@H]3O)[C@H](C)O2)[C@@H](C)[C@@H](O[C@@H]2O[C@H](C)C[C@H](N(C)C)[C@H]2O)[C@](C)(O)C[C@@H](C)CN(C)[C@H](C)[C@H]2OC(=O)O[C@@]21C. The van der Waals surface area contributed by atoms with E-state index in [1.54, 1.807) is 41.5 Å². The van der Waals surface area contributed by atoms with E-state index < -0.39 is 139 Å². The van der Waals surface area contributed by atoms with Crippen LogP contribution in [0.5, 0.6) is 0 Å². The van der Waals surface area contributed by atoms with E-state index >= 15 is 0 Å². The van der Waals surface area contributed by atoms with Crippen molar-refractivity contribution >= 4 is 18.2 Å². The summed E-state index contributed by atoms with van der Waals surface area (Å²) >= 11 is 0. The zero-order valence-corrected chi connectivity index (χ0v) is 43.8. The van der Waals surface area contributed by atoms with Crippen molar-refractivity contribution in [2.45, 2.75) is 223 Å². The fourth-order valence-corrected chi connectivity index (χ4v) is 11.2. The number of aliphatic hydroxyl groups is 5. The fraction of sp³-hybridized carbons (Fsp3) is 0.938. The molecule has 0 saturated carbocycles. The first-order valence-corrected chi connectivity index (χ1v) is 24.9. The van der Waals surface area contributed by atoms with E-state index in [4.69, 9.17) is 52.1 Å². The van der Waals surface area contributed by atoms with Crippen LogP contribution in [0.2, 0.25) is 0 Å². The number of cyclic esters (lactones) is 1. The van der Waals surface area contributed by atoms with Crippen molar-refractivity contribution in [2.75, 3.05) is 47.9 Å². The van der Waals surface area contributed by atoms with Gasteiger partial charge in [0.15, 0.2) is 36.7 Å². The van der Waals surface area contributed by atoms with Crippen LogP contribution in [0.3, 0.4) is 0 Å². The molecular formula is C48H85N3O19. The van der Waals surface area contributed by atoms with Crippen molar-refractivity contribution < 1.29 is 92.0 Å². The summed E-state index contributed by atoms with van der Waals surface area (Å²) in [5, 5.41) is 57.5. The van der Waals surface area contributed by atoms with E-state index in [0.717, 1.165) is 0 Å². The van der Waals surface area contributed by atoms with E-state index in [-0.39, 0.29) is 50.5 Å². The van der Waals surface area contributed by atoms with E-state index in [0.29, 0.717) is 13.0 Å². The van der Waals surface area contributed by atoms with Crippen molar-refractivity contribution in [1.29, 1.82) is 0 Å². The van der Waals surface area contributed by atoms with Crippen LogP contribution in [0, 0.1) is 17.8 Å². The number of rotatable bonds is 12. The van der Waals surface area contributed by atoms with Crippen LogP contribution in [0.4, 0.5) is 9.59 Å². The monoisotopic (exact) mass is 1010 g/mol. The van der Waals surface area contributed by atoms with E-state index in [1.807, 2.05) is 58.6 Å². The minimum absolute atomic E-state index is 0.0105. The molecule has 0 aromatic heterocycles. The molecule has 0 aromatic rings. The van der Waals surface area contributed by atoms with Crippen molar-refractivity contribution in [3.63, 3.8) is 0 Å². The van der Waals surface area contributed by atoms with Gasteiger partial charge in [-0.05, 0) is 102 Å². The fourth-order valence-electron chi connectivity index (χ4n) is 11.2. The number of amides is 1. The molecular weight excluding hydrogens is 923 g/mol. The molecule has 0 aromatic carbocycles. The first kappa shape index (κ1) is 58.3. The molecule has 5 saturated heterocycles. The second-order valence-corrected chi connectivity index (χ2v) is 21.4. The van der Waals surface area contributed by atoms with Gasteiger partial charge in [0, 0.05) is 44.6 Å². The molecule has 70 heavy (non-hydrogen) atoms. The third kappa shape index (κ3) is 13.0. The summed E-state index contributed by atoms with van der Waals surface area (Å²) in [6.07, 6.45) is -16.6. The first-order chi connectivity index (χ1) is 32.6. The Morgan fingerprint density at radius 1 is 0.857 bits per heavy atom. The van der Waals surface area contributed by atoms with Crippen LogP contribution in [-0.2, 0) is 56.9 Å². The van der Waals surface area contributed by atoms with Gasteiger partial charge >= 0.3 is 18.2 Å². The van der Waals surface area contributed by atoms with Gasteiger partial charge < -0.3 is 87.9 Å². The highest BCUT2D eigenvalue weighted by molar-refractivity contribution is 5.73. The Morgan fingerprint density at radius 2 is 1.53 bits per heavy atom. The van der Waals surface area contributed by atoms with E-state index in [2.05, 4.69) is 5.32 Å². The summed E-state index contributed by atoms with van der Waals surface area (Å²) in [7, 11) is 7.09. The summed E-state index contributed by atoms with van der Waals surface area (Å²) in [6, 6.07) is -0.735. The van der Waals surface area contributed by atoms with Crippen LogP contribution in [0.25, 0.3) is 0 Å². The number of fused-ring (bicyclic) bond motifs is 1. The molecule has 6 N–H and O–H groups in total. The largest absolute Gasteiger partial charge is 0.509 e. The second-order valence-electron chi connectivity index (χ2n) is 21.4. The molecule has 5 heterocycles. The summed E-state index contributed by atoms with van der Waals surface area (Å²) in [5.74, 6) is -2.82. The van der Waals surface area contributed by atoms with Gasteiger partial charge in [0.2, 0.25) is 0 Å². The van der Waals surface area contributed by atoms with Crippen molar-refractivity contribution in [3.8, 4) is 0 Å². The summed E-state index contributed by atoms with van der Waals surface area (Å²) in [6.45, 7) is 19.6. The van der Waals surface area contributed by atoms with Gasteiger partial charge in [-0.1, -0.05) is 20.8 Å². The molecule has 23 atom stereocenters. The molecule has 5 aliphatic heterocycles. The third-order valence-corrected chi connectivity index (χ3v) is 15.3. The van der Waals surface area contributed by atoms with Gasteiger partial charge in [0.25, 0.3) is 0 Å². The molecule has 0 radical (unpaired) electrons. The normalized spacial score (nSPS) is 47.0. The van der Waals surface area contributed by atoms with E-state index in [9.17, 15) is 39.9 Å². The molecule has 0 aliphatic carbocycles. The Hall–Kier alpha value is -2.55. The van der Waals surface area contributed by atoms with Gasteiger partial charge in [-0.25, -0.2) is 9.59 Å². The van der Waals surface area contributed by atoms with Crippen LogP contribution < -0.4 is 5.32 Å². The molecule has 0 unspecified atom stereocenters. The minimum Gasteiger partial charge on any atom is -0.458 e. The number of carbonyl (C=O) groups excluding carboxylic acids is 3. The van der Waals surface area contributed by atoms with Crippen LogP contribution in [0.1, 0.15) is 102 Å². The molecule has 1 amide bonds. The summed E-state index contributed by atoms with van der Waals surface area (Å²) < 4.78 is 67.4. The highest BCUT2D eigenvalue weighted by Gasteiger charge is 2.59. The quantitative estimate of drug-likeness (QED) is 0.0922. The standard InChI is InChI=1S/C48H85N3O19/c1-16-31-48(11)39(69-45(58)70-48)27(6)51(14)22-23(2)20-46(9,59)38(67-43-34(53)30(50(12)13)19-24(3)62-43)25(4)37(26(5)41(56)65-31)66-32-21-47(10,60-15)40(29(8)63-32)68-44(57)49-17-18-61-42-36(55)35(54)33(52)28(7)64-42/h23-40,42-43,52-55,59H,16-22H2,1-15H3,(H,49,57)/t23-,24-,25-,26-,27-,28-,29+,30+,31-,32+,33+,34-,35+,36-,37-,38-,39-,40+,42-,43+,46-,47-,48-/m1/s1. The molecule has 5 fully saturated rings. The zero-order valence-electron chi connectivity index (χ0n) is 43.8. The number of methoxy groups -OCH3 is 1. The molecule has 5 aliphatic rings. The number of ether oxygens (including phenoxy) is 11. The lowest BCUT2D eigenvalue weighted by molar-refractivity contribution is -0.317. The molecule has 406 valence electrons. The lowest BCUT2D eigenvalue weighted by Crippen LogP contribution is -2.61. The average molecular weight is 1010 g/mol. The van der Waals surface area contributed by atoms with Gasteiger partial charge in [-0.2, -0.15) is 0 Å². The Kier molecular flexibility index (Phi) is 19.8. The minimum atomic E-state index is -1.64. The second kappa shape index (κ2) is 23.8. The smallest absolute Gasteiger partial charge is 0.458 e. The van der Waals surface area contributed by atoms with Crippen molar-refractivity contribution in [2.24, 2.45) is 17.8 Å². The first-order valence-electron chi connectivity index (χ1n) is 24.9. The number of nitrogens with one attached hydrogen (secondary N) is 1. The highest BCUT2D eigenvalue weighted by atomic mass is 16.8. The summed E-state index contributed by atoms with van der Waals surface area (Å²) in [4.78, 5) is 44.8. The average Bonchev–Trinajstić information content (AvgIpc) is 3.60. The Morgan fingerprint density at radius 3 is 2.16 bits per heavy atom. The number of nitrogens with zero attached hydrogens (tertiary/aromatic N) is 2. The zero-order chi connectivity index (χ0) is 52.4. The number of hydrogen-bond acceptors (Lipinski definition) is 21. The maximum Gasteiger partial charge on any atom is 0.509 e. The number of aliphatic hydroxyl groups excluding tert-OH is 4. The number of carbonyl (C=O) groups is 3. The summed E-state index contributed by atoms with van der Waals surface area (Å²) in [5.41, 5.74) is -4.24. The van der Waals surface area contributed by atoms with Crippen LogP contribution in [-0.4, -0.2) is 223 Å². The van der Waals surface area contributed by atoms with Crippen LogP contribution in [0.15, 0.2) is 0 Å². The number of esters is 1. The predicted octanol–water partition coefficient (Wildman–Crippen LogP) is 1.66. The predicted molar refractivity (Wildman–Crippen MR) is 248 cm³/mol. The van der Waals surface area contributed by atoms with Gasteiger partial charge in [-0.15, -0.1) is 0 Å². The number of likely N-dealkylation sites (N-methyl/N-ethyl adjacent to an activating group) is 2. The molecule has 0 spiro atoms. The van der Waals surface area contributed by atoms with Crippen molar-refractivity contribution in [3.05, 3.63) is 0 Å². The topological polar surface area (TPSA) is 272 Å². The van der Waals surface area contributed by atoms with Gasteiger partial charge in [-0.3, -0.25) is 9.69 Å². The Bertz CT molecular complexity index is 1730. The number of hydrogen-bond donors (Lipinski definition) is 6. The highest BCUT2D eigenvalue weighted by Crippen LogP contribution is 2.42. The Balaban J connectivity index is 1.44. The lowest BCUT2D eigenvalue weighted by atomic mass is 9.77. The molecule has 0 bridgehead atoms. The third-order valence-electron chi connectivity index (χ3n) is 15.3. The van der Waals surface area contributed by atoms with Gasteiger partial charge in [0.05, 0.1) is 48.6 Å². The number of alkyl carbamates (subject to hydrolysis) is 1. The Labute approximate surface area is 413 Å².